The van der Waals surface area contributed by atoms with Crippen LogP contribution in [0, 0.1) is 0 Å². The van der Waals surface area contributed by atoms with Crippen LogP contribution in [-0.4, -0.2) is 24.6 Å². The molecular formula is C3H6O3. The molecular weight excluding hydrogens is 84.0 g/mol. The summed E-state index contributed by atoms with van der Waals surface area (Å²) in [4.78, 5) is 3.74. The van der Waals surface area contributed by atoms with Crippen LogP contribution in [0.15, 0.2) is 0 Å². The summed E-state index contributed by atoms with van der Waals surface area (Å²) in [5, 5.41) is 7.70. The quantitative estimate of drug-likeness (QED) is 0.292. The molecule has 1 N–H and O–H groups in total. The van der Waals surface area contributed by atoms with Gasteiger partial charge in [-0.05, 0) is 0 Å². The zero-order chi connectivity index (χ0) is 4.41. The summed E-state index contributed by atoms with van der Waals surface area (Å²) in [6, 6.07) is 0. The summed E-state index contributed by atoms with van der Waals surface area (Å²) in [7, 11) is 0. The largest absolute Gasteiger partial charge is 0.370 e. The van der Waals surface area contributed by atoms with Gasteiger partial charge in [-0.1, -0.05) is 0 Å². The van der Waals surface area contributed by atoms with Crippen molar-refractivity contribution in [2.45, 2.75) is 6.10 Å². The fourth-order valence-corrected chi connectivity index (χ4v) is 0.247. The molecule has 1 rings (SSSR count). The molecule has 6 heavy (non-hydrogen) atoms. The molecule has 1 atom stereocenters. The number of epoxide rings is 1. The highest BCUT2D eigenvalue weighted by Crippen LogP contribution is 2.06. The van der Waals surface area contributed by atoms with Crippen molar-refractivity contribution in [1.29, 1.82) is 0 Å². The van der Waals surface area contributed by atoms with Gasteiger partial charge in [0.1, 0.15) is 12.7 Å². The molecule has 0 amide bonds. The number of ether oxygens (including phenoxy) is 1. The Morgan fingerprint density at radius 2 is 2.67 bits per heavy atom. The third-order valence-corrected chi connectivity index (χ3v) is 0.663. The zero-order valence-electron chi connectivity index (χ0n) is 3.26. The highest BCUT2D eigenvalue weighted by Gasteiger charge is 2.21. The van der Waals surface area contributed by atoms with Gasteiger partial charge in [0.2, 0.25) is 0 Å². The van der Waals surface area contributed by atoms with Crippen LogP contribution in [0.4, 0.5) is 0 Å². The van der Waals surface area contributed by atoms with Crippen molar-refractivity contribution in [3.05, 3.63) is 0 Å². The molecule has 0 aromatic rings. The normalized spacial score (nSPS) is 30.5. The molecule has 1 fully saturated rings. The van der Waals surface area contributed by atoms with Crippen LogP contribution in [0.25, 0.3) is 0 Å². The standard InChI is InChI=1S/C3H6O3/c4-6-2-3-1-5-3/h3-4H,1-2H2. The Bertz CT molecular complexity index is 41.3. The molecule has 0 aliphatic carbocycles. The van der Waals surface area contributed by atoms with E-state index in [4.69, 9.17) is 5.26 Å². The van der Waals surface area contributed by atoms with E-state index in [-0.39, 0.29) is 6.10 Å². The second-order valence-corrected chi connectivity index (χ2v) is 1.25. The van der Waals surface area contributed by atoms with E-state index in [0.717, 1.165) is 6.61 Å². The van der Waals surface area contributed by atoms with Crippen molar-refractivity contribution < 1.29 is 14.9 Å². The van der Waals surface area contributed by atoms with E-state index in [9.17, 15) is 0 Å². The maximum absolute atomic E-state index is 7.70. The average Bonchev–Trinajstić information content (AvgIpc) is 2.21. The van der Waals surface area contributed by atoms with Crippen LogP contribution in [-0.2, 0) is 9.62 Å². The molecule has 0 aromatic heterocycles. The third kappa shape index (κ3) is 0.931. The maximum Gasteiger partial charge on any atom is 0.110 e. The Balaban J connectivity index is 1.88. The number of rotatable bonds is 2. The fourth-order valence-electron chi connectivity index (χ4n) is 0.247. The topological polar surface area (TPSA) is 42.0 Å². The van der Waals surface area contributed by atoms with Gasteiger partial charge in [0.25, 0.3) is 0 Å². The Morgan fingerprint density at radius 3 is 2.83 bits per heavy atom. The minimum Gasteiger partial charge on any atom is -0.370 e. The van der Waals surface area contributed by atoms with E-state index in [1.165, 1.54) is 0 Å². The molecule has 1 saturated heterocycles. The fraction of sp³-hybridized carbons (Fsp3) is 1.00. The van der Waals surface area contributed by atoms with Crippen LogP contribution >= 0.6 is 0 Å². The predicted molar refractivity (Wildman–Crippen MR) is 18.3 cm³/mol. The van der Waals surface area contributed by atoms with Gasteiger partial charge in [-0.2, -0.15) is 0 Å². The first-order valence-electron chi connectivity index (χ1n) is 1.81. The summed E-state index contributed by atoms with van der Waals surface area (Å²) < 4.78 is 4.66. The minimum absolute atomic E-state index is 0.176. The molecule has 1 aliphatic rings. The van der Waals surface area contributed by atoms with Gasteiger partial charge < -0.3 is 4.74 Å². The molecule has 1 heterocycles. The second-order valence-electron chi connectivity index (χ2n) is 1.25. The van der Waals surface area contributed by atoms with Crippen molar-refractivity contribution >= 4 is 0 Å². The monoisotopic (exact) mass is 90.0 g/mol. The van der Waals surface area contributed by atoms with Crippen LogP contribution in [0.3, 0.4) is 0 Å². The van der Waals surface area contributed by atoms with E-state index in [1.807, 2.05) is 0 Å². The van der Waals surface area contributed by atoms with E-state index in [0.29, 0.717) is 6.61 Å². The Morgan fingerprint density at radius 1 is 2.00 bits per heavy atom. The lowest BCUT2D eigenvalue weighted by Gasteiger charge is -1.82. The average molecular weight is 90.1 g/mol. The molecule has 3 heteroatoms. The van der Waals surface area contributed by atoms with Crippen LogP contribution in [0.5, 0.6) is 0 Å². The smallest absolute Gasteiger partial charge is 0.110 e. The highest BCUT2D eigenvalue weighted by molar-refractivity contribution is 4.65. The van der Waals surface area contributed by atoms with E-state index in [1.54, 1.807) is 0 Å². The van der Waals surface area contributed by atoms with Gasteiger partial charge in [0, 0.05) is 0 Å². The molecule has 0 aromatic carbocycles. The molecule has 0 radical (unpaired) electrons. The van der Waals surface area contributed by atoms with Gasteiger partial charge in [-0.25, -0.2) is 4.89 Å². The molecule has 0 spiro atoms. The minimum atomic E-state index is 0.176. The van der Waals surface area contributed by atoms with Crippen molar-refractivity contribution in [2.24, 2.45) is 0 Å². The molecule has 0 saturated carbocycles. The van der Waals surface area contributed by atoms with Gasteiger partial charge in [0.05, 0.1) is 6.61 Å². The lowest BCUT2D eigenvalue weighted by molar-refractivity contribution is -0.244. The van der Waals surface area contributed by atoms with E-state index in [2.05, 4.69) is 9.62 Å². The van der Waals surface area contributed by atoms with Crippen LogP contribution in [0.1, 0.15) is 0 Å². The van der Waals surface area contributed by atoms with Gasteiger partial charge >= 0.3 is 0 Å². The second kappa shape index (κ2) is 1.55. The zero-order valence-corrected chi connectivity index (χ0v) is 3.26. The summed E-state index contributed by atoms with van der Waals surface area (Å²) in [5.74, 6) is 0. The van der Waals surface area contributed by atoms with Crippen LogP contribution in [0.2, 0.25) is 0 Å². The first-order chi connectivity index (χ1) is 2.93. The van der Waals surface area contributed by atoms with Gasteiger partial charge in [-0.3, -0.25) is 5.26 Å². The van der Waals surface area contributed by atoms with Crippen molar-refractivity contribution in [3.63, 3.8) is 0 Å². The van der Waals surface area contributed by atoms with Crippen molar-refractivity contribution in [3.8, 4) is 0 Å². The van der Waals surface area contributed by atoms with E-state index >= 15 is 0 Å². The Hall–Kier alpha value is -0.120. The summed E-state index contributed by atoms with van der Waals surface area (Å²) in [5.41, 5.74) is 0. The lowest BCUT2D eigenvalue weighted by atomic mass is 10.5. The first-order valence-corrected chi connectivity index (χ1v) is 1.81. The first kappa shape index (κ1) is 4.05. The van der Waals surface area contributed by atoms with E-state index < -0.39 is 0 Å². The summed E-state index contributed by atoms with van der Waals surface area (Å²) in [6.07, 6.45) is 0.176. The number of hydrogen-bond acceptors (Lipinski definition) is 3. The van der Waals surface area contributed by atoms with Gasteiger partial charge in [0.15, 0.2) is 0 Å². The third-order valence-electron chi connectivity index (χ3n) is 0.663. The highest BCUT2D eigenvalue weighted by atomic mass is 17.1. The summed E-state index contributed by atoms with van der Waals surface area (Å²) >= 11 is 0. The van der Waals surface area contributed by atoms with Gasteiger partial charge in [-0.15, -0.1) is 0 Å². The Kier molecular flexibility index (Phi) is 1.05. The number of hydrogen-bond donors (Lipinski definition) is 1. The molecule has 1 aliphatic heterocycles. The maximum atomic E-state index is 7.70. The Labute approximate surface area is 35.4 Å². The SMILES string of the molecule is OOCC1CO1. The lowest BCUT2D eigenvalue weighted by Crippen LogP contribution is -1.95. The molecule has 0 bridgehead atoms. The molecule has 36 valence electrons. The molecule has 3 nitrogen and oxygen atoms in total. The summed E-state index contributed by atoms with van der Waals surface area (Å²) in [6.45, 7) is 1.06. The predicted octanol–water partition coefficient (Wildman–Crippen LogP) is -0.125. The van der Waals surface area contributed by atoms with Crippen LogP contribution < -0.4 is 0 Å². The van der Waals surface area contributed by atoms with Crippen molar-refractivity contribution in [2.75, 3.05) is 13.2 Å². The van der Waals surface area contributed by atoms with Crippen molar-refractivity contribution in [1.82, 2.24) is 0 Å². The molecule has 1 unspecified atom stereocenters.